The van der Waals surface area contributed by atoms with Gasteiger partial charge in [0.25, 0.3) is 0 Å². The van der Waals surface area contributed by atoms with Crippen LogP contribution in [0.25, 0.3) is 0 Å². The van der Waals surface area contributed by atoms with Gasteiger partial charge in [0.2, 0.25) is 11.8 Å². The van der Waals surface area contributed by atoms with Crippen molar-refractivity contribution >= 4 is 11.6 Å². The van der Waals surface area contributed by atoms with Gasteiger partial charge >= 0.3 is 11.5 Å². The highest BCUT2D eigenvalue weighted by atomic mass is 35.5. The Morgan fingerprint density at radius 1 is 0.739 bits per heavy atom. The van der Waals surface area contributed by atoms with Crippen molar-refractivity contribution in [3.05, 3.63) is 103 Å². The SMILES string of the molecule is O=c1onc(Cc2ccc(F)cc2Cl)n1CC1CCC(F)(F)CC1.O=c1onc(Cc2ccccc2)n1CC1CCC(F)(F)CC1. The molecule has 0 atom stereocenters. The van der Waals surface area contributed by atoms with Gasteiger partial charge in [0.1, 0.15) is 5.82 Å². The maximum Gasteiger partial charge on any atom is 0.441 e. The summed E-state index contributed by atoms with van der Waals surface area (Å²) in [4.78, 5) is 23.7. The molecule has 0 unspecified atom stereocenters. The lowest BCUT2D eigenvalue weighted by Gasteiger charge is -2.28. The largest absolute Gasteiger partial charge is 0.441 e. The van der Waals surface area contributed by atoms with Gasteiger partial charge in [-0.1, -0.05) is 58.3 Å². The first-order valence-electron chi connectivity index (χ1n) is 15.2. The minimum atomic E-state index is -2.61. The first kappa shape index (κ1) is 33.6. The molecule has 248 valence electrons. The lowest BCUT2D eigenvalue weighted by molar-refractivity contribution is -0.0480. The summed E-state index contributed by atoms with van der Waals surface area (Å²) in [6.07, 6.45) is 1.70. The Labute approximate surface area is 266 Å². The van der Waals surface area contributed by atoms with Crippen molar-refractivity contribution in [3.63, 3.8) is 0 Å². The number of alkyl halides is 4. The fourth-order valence-corrected chi connectivity index (χ4v) is 6.14. The summed E-state index contributed by atoms with van der Waals surface area (Å²) < 4.78 is 78.3. The van der Waals surface area contributed by atoms with E-state index >= 15 is 0 Å². The van der Waals surface area contributed by atoms with Gasteiger partial charge in [-0.2, -0.15) is 0 Å². The van der Waals surface area contributed by atoms with Crippen LogP contribution in [-0.4, -0.2) is 31.3 Å². The average molecular weight is 669 g/mol. The summed E-state index contributed by atoms with van der Waals surface area (Å²) in [6.45, 7) is 0.688. The minimum absolute atomic E-state index is 0.0239. The maximum absolute atomic E-state index is 13.2. The van der Waals surface area contributed by atoms with E-state index in [9.17, 15) is 31.5 Å². The summed E-state index contributed by atoms with van der Waals surface area (Å²) in [5.41, 5.74) is 1.63. The van der Waals surface area contributed by atoms with Crippen molar-refractivity contribution in [2.45, 2.75) is 89.1 Å². The van der Waals surface area contributed by atoms with E-state index in [4.69, 9.17) is 20.6 Å². The van der Waals surface area contributed by atoms with Crippen molar-refractivity contribution in [2.24, 2.45) is 11.8 Å². The maximum atomic E-state index is 13.2. The number of aromatic nitrogens is 4. The van der Waals surface area contributed by atoms with E-state index in [1.54, 1.807) is 0 Å². The molecule has 2 heterocycles. The van der Waals surface area contributed by atoms with Crippen LogP contribution in [-0.2, 0) is 25.9 Å². The molecule has 2 aromatic carbocycles. The fraction of sp³-hybridized carbons (Fsp3) is 0.500. The van der Waals surface area contributed by atoms with Gasteiger partial charge in [-0.3, -0.25) is 18.2 Å². The third-order valence-corrected chi connectivity index (χ3v) is 9.00. The summed E-state index contributed by atoms with van der Waals surface area (Å²) in [5, 5.41) is 7.81. The van der Waals surface area contributed by atoms with Crippen LogP contribution in [0.3, 0.4) is 0 Å². The summed E-state index contributed by atoms with van der Waals surface area (Å²) in [5.74, 6) is -5.80. The molecule has 0 saturated heterocycles. The van der Waals surface area contributed by atoms with Gasteiger partial charge in [0.05, 0.1) is 0 Å². The van der Waals surface area contributed by atoms with Crippen LogP contribution >= 0.6 is 11.6 Å². The molecule has 6 rings (SSSR count). The van der Waals surface area contributed by atoms with Crippen molar-refractivity contribution < 1.29 is 31.0 Å². The molecular weight excluding hydrogens is 635 g/mol. The molecule has 2 aliphatic carbocycles. The van der Waals surface area contributed by atoms with Crippen LogP contribution in [0.2, 0.25) is 5.02 Å². The predicted octanol–water partition coefficient (Wildman–Crippen LogP) is 7.30. The van der Waals surface area contributed by atoms with Crippen LogP contribution in [0.4, 0.5) is 22.0 Å². The normalized spacial score (nSPS) is 18.2. The lowest BCUT2D eigenvalue weighted by Crippen LogP contribution is -2.29. The number of rotatable bonds is 8. The fourth-order valence-electron chi connectivity index (χ4n) is 5.90. The van der Waals surface area contributed by atoms with Crippen molar-refractivity contribution in [1.82, 2.24) is 19.4 Å². The van der Waals surface area contributed by atoms with Gasteiger partial charge in [0.15, 0.2) is 11.6 Å². The van der Waals surface area contributed by atoms with Gasteiger partial charge < -0.3 is 0 Å². The predicted molar refractivity (Wildman–Crippen MR) is 159 cm³/mol. The number of benzene rings is 2. The summed E-state index contributed by atoms with van der Waals surface area (Å²) in [6, 6.07) is 13.6. The number of nitrogens with zero attached hydrogens (tertiary/aromatic N) is 4. The molecule has 0 radical (unpaired) electrons. The van der Waals surface area contributed by atoms with E-state index in [-0.39, 0.29) is 55.5 Å². The Morgan fingerprint density at radius 2 is 1.22 bits per heavy atom. The van der Waals surface area contributed by atoms with Crippen LogP contribution < -0.4 is 11.5 Å². The van der Waals surface area contributed by atoms with Gasteiger partial charge in [-0.05, 0) is 60.8 Å². The zero-order valence-corrected chi connectivity index (χ0v) is 25.7. The molecular formula is C32H34ClF5N4O4. The third kappa shape index (κ3) is 8.95. The zero-order chi connectivity index (χ0) is 32.9. The summed E-state index contributed by atoms with van der Waals surface area (Å²) in [7, 11) is 0. The van der Waals surface area contributed by atoms with E-state index in [1.165, 1.54) is 27.3 Å². The van der Waals surface area contributed by atoms with Crippen molar-refractivity contribution in [1.29, 1.82) is 0 Å². The second-order valence-electron chi connectivity index (χ2n) is 12.1. The second kappa shape index (κ2) is 14.4. The Bertz CT molecular complexity index is 1700. The first-order valence-corrected chi connectivity index (χ1v) is 15.6. The standard InChI is InChI=1S/C16H16ClF3N2O2.C16H18F2N2O2/c17-13-8-12(18)2-1-11(13)7-14-21-24-15(23)22(14)9-10-3-5-16(19,20)6-4-10;17-16(18)8-6-13(7-9-16)11-20-14(19-22-15(20)21)10-12-4-2-1-3-5-12/h1-2,8,10H,3-7,9H2;1-5,13H,6-11H2. The van der Waals surface area contributed by atoms with Crippen molar-refractivity contribution in [2.75, 3.05) is 0 Å². The van der Waals surface area contributed by atoms with E-state index in [0.29, 0.717) is 55.9 Å². The Balaban J connectivity index is 0.000000182. The molecule has 2 fully saturated rings. The van der Waals surface area contributed by atoms with E-state index in [2.05, 4.69) is 10.3 Å². The topological polar surface area (TPSA) is 96.1 Å². The van der Waals surface area contributed by atoms with Gasteiger partial charge in [0, 0.05) is 56.6 Å². The zero-order valence-electron chi connectivity index (χ0n) is 24.9. The molecule has 0 spiro atoms. The second-order valence-corrected chi connectivity index (χ2v) is 12.5. The Morgan fingerprint density at radius 3 is 1.70 bits per heavy atom. The Hall–Kier alpha value is -3.74. The summed E-state index contributed by atoms with van der Waals surface area (Å²) >= 11 is 5.99. The first-order chi connectivity index (χ1) is 21.9. The number of halogens is 6. The molecule has 46 heavy (non-hydrogen) atoms. The molecule has 0 aliphatic heterocycles. The average Bonchev–Trinajstić information content (AvgIpc) is 3.53. The van der Waals surface area contributed by atoms with E-state index < -0.39 is 29.2 Å². The van der Waals surface area contributed by atoms with Gasteiger partial charge in [-0.25, -0.2) is 31.5 Å². The molecule has 2 saturated carbocycles. The molecule has 0 N–H and O–H groups in total. The highest BCUT2D eigenvalue weighted by Gasteiger charge is 2.36. The number of hydrogen-bond acceptors (Lipinski definition) is 6. The molecule has 8 nitrogen and oxygen atoms in total. The Kier molecular flexibility index (Phi) is 10.5. The van der Waals surface area contributed by atoms with E-state index in [1.807, 2.05) is 30.3 Å². The molecule has 2 aromatic heterocycles. The van der Waals surface area contributed by atoms with Crippen LogP contribution in [0, 0.1) is 17.7 Å². The molecule has 0 amide bonds. The van der Waals surface area contributed by atoms with E-state index in [0.717, 1.165) is 5.56 Å². The molecule has 0 bridgehead atoms. The third-order valence-electron chi connectivity index (χ3n) is 8.65. The molecule has 4 aromatic rings. The molecule has 14 heteroatoms. The minimum Gasteiger partial charge on any atom is -0.296 e. The monoisotopic (exact) mass is 668 g/mol. The van der Waals surface area contributed by atoms with Crippen molar-refractivity contribution in [3.8, 4) is 0 Å². The quantitative estimate of drug-likeness (QED) is 0.183. The molecule has 2 aliphatic rings. The van der Waals surface area contributed by atoms with Crippen LogP contribution in [0.1, 0.15) is 74.1 Å². The highest BCUT2D eigenvalue weighted by Crippen LogP contribution is 2.37. The number of hydrogen-bond donors (Lipinski definition) is 0. The van der Waals surface area contributed by atoms with Crippen LogP contribution in [0.15, 0.2) is 67.2 Å². The lowest BCUT2D eigenvalue weighted by atomic mass is 9.86. The van der Waals surface area contributed by atoms with Crippen LogP contribution in [0.5, 0.6) is 0 Å². The van der Waals surface area contributed by atoms with Gasteiger partial charge in [-0.15, -0.1) is 0 Å². The highest BCUT2D eigenvalue weighted by molar-refractivity contribution is 6.31. The smallest absolute Gasteiger partial charge is 0.296 e.